The van der Waals surface area contributed by atoms with Crippen LogP contribution in [-0.2, 0) is 16.6 Å². The molecule has 0 unspecified atom stereocenters. The molecule has 0 heterocycles. The van der Waals surface area contributed by atoms with Gasteiger partial charge in [-0.15, -0.1) is 0 Å². The summed E-state index contributed by atoms with van der Waals surface area (Å²) in [7, 11) is 5.83. The first-order chi connectivity index (χ1) is 18.5. The van der Waals surface area contributed by atoms with Crippen LogP contribution in [-0.4, -0.2) is 50.1 Å². The number of benzene rings is 2. The van der Waals surface area contributed by atoms with Gasteiger partial charge in [0.15, 0.2) is 0 Å². The molecule has 0 spiro atoms. The van der Waals surface area contributed by atoms with Gasteiger partial charge in [-0.3, -0.25) is 0 Å². The van der Waals surface area contributed by atoms with Crippen molar-refractivity contribution in [2.75, 3.05) is 38.8 Å². The summed E-state index contributed by atoms with van der Waals surface area (Å²) in [6.07, 6.45) is 13.5. The molecule has 4 amide bonds. The summed E-state index contributed by atoms with van der Waals surface area (Å²) in [6.45, 7) is 0. The van der Waals surface area contributed by atoms with Gasteiger partial charge in [0.05, 0.1) is 0 Å². The van der Waals surface area contributed by atoms with E-state index in [1.807, 2.05) is 0 Å². The van der Waals surface area contributed by atoms with Gasteiger partial charge in [0.2, 0.25) is 0 Å². The fourth-order valence-corrected chi connectivity index (χ4v) is 13.8. The zero-order valence-electron chi connectivity index (χ0n) is 21.8. The fraction of sp³-hybridized carbons (Fsp3) is 0.214. The SMILES string of the molecule is CN(C)C(=O)Nc1ccc(F)[c]([Ti]([c]2c(F)ccc(NC(=O)N(C)C)c2F)([CH]2C=CC=C2)[CH]2C=CC=C2)c1F. The van der Waals surface area contributed by atoms with E-state index in [0.717, 1.165) is 24.3 Å². The van der Waals surface area contributed by atoms with Gasteiger partial charge in [-0.2, -0.15) is 0 Å². The summed E-state index contributed by atoms with van der Waals surface area (Å²) >= 11 is -5.03. The van der Waals surface area contributed by atoms with Crippen molar-refractivity contribution in [2.45, 2.75) is 8.45 Å². The Labute approximate surface area is 227 Å². The first-order valence-corrected chi connectivity index (χ1v) is 15.5. The first-order valence-electron chi connectivity index (χ1n) is 12.1. The van der Waals surface area contributed by atoms with Crippen molar-refractivity contribution in [1.29, 1.82) is 0 Å². The Balaban J connectivity index is 2.10. The topological polar surface area (TPSA) is 64.7 Å². The van der Waals surface area contributed by atoms with E-state index in [-0.39, 0.29) is 11.4 Å². The zero-order chi connectivity index (χ0) is 28.5. The predicted octanol–water partition coefficient (Wildman–Crippen LogP) is 5.36. The Morgan fingerprint density at radius 1 is 0.641 bits per heavy atom. The van der Waals surface area contributed by atoms with E-state index in [1.54, 1.807) is 48.6 Å². The van der Waals surface area contributed by atoms with Crippen molar-refractivity contribution in [3.63, 3.8) is 0 Å². The van der Waals surface area contributed by atoms with Crippen LogP contribution in [0.1, 0.15) is 0 Å². The average Bonchev–Trinajstić information content (AvgIpc) is 3.61. The van der Waals surface area contributed by atoms with Crippen molar-refractivity contribution >= 4 is 31.2 Å². The van der Waals surface area contributed by atoms with Crippen LogP contribution in [0.4, 0.5) is 38.5 Å². The summed E-state index contributed by atoms with van der Waals surface area (Å²) in [5.74, 6) is -4.12. The summed E-state index contributed by atoms with van der Waals surface area (Å²) in [6, 6.07) is 2.87. The molecule has 6 nitrogen and oxygen atoms in total. The molecule has 0 aromatic heterocycles. The molecule has 0 saturated carbocycles. The molecule has 204 valence electrons. The van der Waals surface area contributed by atoms with Crippen LogP contribution >= 0.6 is 0 Å². The number of allylic oxidation sites excluding steroid dienone is 8. The zero-order valence-corrected chi connectivity index (χ0v) is 23.4. The monoisotopic (exact) mass is 576 g/mol. The van der Waals surface area contributed by atoms with Gasteiger partial charge in [0, 0.05) is 0 Å². The average molecular weight is 576 g/mol. The van der Waals surface area contributed by atoms with Crippen LogP contribution in [0.2, 0.25) is 8.45 Å². The van der Waals surface area contributed by atoms with Crippen LogP contribution in [0.3, 0.4) is 0 Å². The number of carbonyl (C=O) groups excluding carboxylic acids is 2. The third-order valence-corrected chi connectivity index (χ3v) is 15.4. The third kappa shape index (κ3) is 5.06. The fourth-order valence-electron chi connectivity index (χ4n) is 5.00. The van der Waals surface area contributed by atoms with Crippen LogP contribution in [0, 0.1) is 23.3 Å². The van der Waals surface area contributed by atoms with Gasteiger partial charge < -0.3 is 0 Å². The minimum atomic E-state index is -5.03. The molecule has 2 aliphatic rings. The van der Waals surface area contributed by atoms with E-state index in [9.17, 15) is 9.59 Å². The molecule has 4 rings (SSSR count). The van der Waals surface area contributed by atoms with Crippen LogP contribution in [0.15, 0.2) is 72.9 Å². The van der Waals surface area contributed by atoms with Gasteiger partial charge in [-0.1, -0.05) is 0 Å². The Morgan fingerprint density at radius 2 is 0.974 bits per heavy atom. The van der Waals surface area contributed by atoms with E-state index in [2.05, 4.69) is 10.6 Å². The number of hydrogen-bond acceptors (Lipinski definition) is 2. The van der Waals surface area contributed by atoms with Crippen LogP contribution < -0.4 is 18.4 Å². The molecule has 2 aromatic carbocycles. The van der Waals surface area contributed by atoms with Crippen molar-refractivity contribution < 1.29 is 43.7 Å². The molecule has 11 heteroatoms. The second-order valence-corrected chi connectivity index (χ2v) is 16.0. The standard InChI is InChI=1S/2C9H9F2N2O.2C5H5.Ti/c2*1-13(2)9(14)12-8-4-3-6(10)5-7(8)11;2*1-2-4-5-3-1;/h2*3-4H,1-2H3,(H,12,14);2*1-5H;. The number of anilines is 2. The maximum absolute atomic E-state index is 16.5. The summed E-state index contributed by atoms with van der Waals surface area (Å²) in [5, 5.41) is 4.83. The molecular weight excluding hydrogens is 548 g/mol. The number of nitrogens with zero attached hydrogens (tertiary/aromatic N) is 2. The Morgan fingerprint density at radius 3 is 1.28 bits per heavy atom. The second kappa shape index (κ2) is 11.2. The number of carbonyl (C=O) groups is 2. The molecule has 2 aromatic rings. The number of rotatable bonds is 6. The van der Waals surface area contributed by atoms with Gasteiger partial charge in [-0.05, 0) is 0 Å². The number of urea groups is 2. The van der Waals surface area contributed by atoms with Gasteiger partial charge in [0.25, 0.3) is 0 Å². The van der Waals surface area contributed by atoms with Crippen molar-refractivity contribution in [3.05, 3.63) is 96.1 Å². The van der Waals surface area contributed by atoms with Gasteiger partial charge >= 0.3 is 228 Å². The number of halogens is 4. The van der Waals surface area contributed by atoms with E-state index in [1.165, 1.54) is 38.0 Å². The molecule has 0 fully saturated rings. The quantitative estimate of drug-likeness (QED) is 0.359. The Hall–Kier alpha value is -3.63. The Kier molecular flexibility index (Phi) is 8.18. The van der Waals surface area contributed by atoms with Crippen molar-refractivity contribution in [1.82, 2.24) is 9.80 Å². The van der Waals surface area contributed by atoms with Gasteiger partial charge in [0.1, 0.15) is 0 Å². The number of hydrogen-bond donors (Lipinski definition) is 2. The predicted molar refractivity (Wildman–Crippen MR) is 141 cm³/mol. The van der Waals surface area contributed by atoms with Crippen molar-refractivity contribution in [3.8, 4) is 0 Å². The van der Waals surface area contributed by atoms with Gasteiger partial charge in [-0.25, -0.2) is 0 Å². The molecular formula is C28H28F4N4O2Ti. The van der Waals surface area contributed by atoms with E-state index in [4.69, 9.17) is 0 Å². The molecule has 0 aliphatic heterocycles. The summed E-state index contributed by atoms with van der Waals surface area (Å²) in [5.41, 5.74) is -0.621. The van der Waals surface area contributed by atoms with Crippen LogP contribution in [0.25, 0.3) is 0 Å². The number of amides is 4. The molecule has 39 heavy (non-hydrogen) atoms. The second-order valence-electron chi connectivity index (χ2n) is 9.68. The summed E-state index contributed by atoms with van der Waals surface area (Å²) < 4.78 is 62.5. The molecule has 0 atom stereocenters. The maximum atomic E-state index is 16.5. The molecule has 0 saturated heterocycles. The van der Waals surface area contributed by atoms with E-state index in [0.29, 0.717) is 0 Å². The molecule has 0 bridgehead atoms. The third-order valence-electron chi connectivity index (χ3n) is 6.85. The van der Waals surface area contributed by atoms with Crippen LogP contribution in [0.5, 0.6) is 0 Å². The molecule has 0 radical (unpaired) electrons. The minimum absolute atomic E-state index is 0.310. The molecule has 2 N–H and O–H groups in total. The van der Waals surface area contributed by atoms with E-state index >= 15 is 17.6 Å². The van der Waals surface area contributed by atoms with E-state index < -0.39 is 68.1 Å². The summed E-state index contributed by atoms with van der Waals surface area (Å²) in [4.78, 5) is 27.1. The normalized spacial score (nSPS) is 14.8. The number of nitrogens with one attached hydrogen (secondary N) is 2. The van der Waals surface area contributed by atoms with Crippen molar-refractivity contribution in [2.24, 2.45) is 0 Å². The molecule has 2 aliphatic carbocycles. The first kappa shape index (κ1) is 28.4. The Bertz CT molecular complexity index is 1300.